The van der Waals surface area contributed by atoms with Gasteiger partial charge in [0.1, 0.15) is 0 Å². The molecule has 0 unspecified atom stereocenters. The number of benzene rings is 2. The van der Waals surface area contributed by atoms with Gasteiger partial charge in [-0.05, 0) is 16.8 Å². The molecule has 0 spiro atoms. The Morgan fingerprint density at radius 3 is 2.28 bits per heavy atom. The molecule has 0 amide bonds. The number of carbonyl (C=O) groups is 3. The van der Waals surface area contributed by atoms with Gasteiger partial charge in [-0.3, -0.25) is 4.79 Å². The smallest absolute Gasteiger partial charge is 0.337 e. The zero-order valence-corrected chi connectivity index (χ0v) is 9.08. The second-order valence-electron chi connectivity index (χ2n) is 3.66. The lowest BCUT2D eigenvalue weighted by molar-refractivity contribution is 0.0650. The first-order valence-corrected chi connectivity index (χ1v) is 5.03. The van der Waals surface area contributed by atoms with Crippen molar-refractivity contribution in [2.75, 3.05) is 0 Å². The fraction of sp³-hybridized carbons (Fsp3) is 0. The summed E-state index contributed by atoms with van der Waals surface area (Å²) in [6.45, 7) is 0. The predicted molar refractivity (Wildman–Crippen MR) is 63.3 cm³/mol. The van der Waals surface area contributed by atoms with Gasteiger partial charge < -0.3 is 10.2 Å². The van der Waals surface area contributed by atoms with Crippen LogP contribution in [-0.2, 0) is 0 Å². The number of hydrogen-bond donors (Lipinski definition) is 2. The summed E-state index contributed by atoms with van der Waals surface area (Å²) in [7, 11) is 0. The standard InChI is InChI=1S/C13H8O5/c14-6-10-8-4-2-1-3-7(8)5-9(12(15)16)11(10)13(17)18/h1-6H,(H,15,16)(H,17,18). The zero-order chi connectivity index (χ0) is 13.3. The van der Waals surface area contributed by atoms with E-state index in [0.29, 0.717) is 17.1 Å². The Hall–Kier alpha value is -2.69. The van der Waals surface area contributed by atoms with Crippen LogP contribution in [0.15, 0.2) is 30.3 Å². The molecule has 2 aromatic carbocycles. The topological polar surface area (TPSA) is 91.7 Å². The Kier molecular flexibility index (Phi) is 2.81. The highest BCUT2D eigenvalue weighted by Crippen LogP contribution is 2.25. The number of aromatic carboxylic acids is 2. The Morgan fingerprint density at radius 2 is 1.72 bits per heavy atom. The van der Waals surface area contributed by atoms with Crippen LogP contribution in [0, 0.1) is 0 Å². The number of hydrogen-bond acceptors (Lipinski definition) is 3. The molecule has 0 bridgehead atoms. The van der Waals surface area contributed by atoms with E-state index >= 15 is 0 Å². The van der Waals surface area contributed by atoms with Crippen LogP contribution >= 0.6 is 0 Å². The Labute approximate surface area is 101 Å². The lowest BCUT2D eigenvalue weighted by Crippen LogP contribution is -2.12. The summed E-state index contributed by atoms with van der Waals surface area (Å²) in [5, 5.41) is 19.0. The number of fused-ring (bicyclic) bond motifs is 1. The van der Waals surface area contributed by atoms with E-state index in [1.807, 2.05) is 0 Å². The maximum Gasteiger partial charge on any atom is 0.337 e. The molecule has 0 aromatic heterocycles. The quantitative estimate of drug-likeness (QED) is 0.806. The highest BCUT2D eigenvalue weighted by atomic mass is 16.4. The molecule has 0 heterocycles. The molecular weight excluding hydrogens is 236 g/mol. The summed E-state index contributed by atoms with van der Waals surface area (Å²) < 4.78 is 0. The van der Waals surface area contributed by atoms with Crippen molar-refractivity contribution in [1.82, 2.24) is 0 Å². The molecule has 0 aliphatic carbocycles. The monoisotopic (exact) mass is 244 g/mol. The van der Waals surface area contributed by atoms with Gasteiger partial charge in [-0.1, -0.05) is 24.3 Å². The number of aldehydes is 1. The number of carboxylic acid groups (broad SMARTS) is 2. The van der Waals surface area contributed by atoms with Crippen molar-refractivity contribution in [2.24, 2.45) is 0 Å². The van der Waals surface area contributed by atoms with Crippen molar-refractivity contribution in [3.8, 4) is 0 Å². The van der Waals surface area contributed by atoms with Crippen LogP contribution in [-0.4, -0.2) is 28.4 Å². The third-order valence-corrected chi connectivity index (χ3v) is 2.65. The Balaban J connectivity index is 3.00. The van der Waals surface area contributed by atoms with Crippen molar-refractivity contribution >= 4 is 29.0 Å². The molecule has 0 aliphatic rings. The molecule has 0 atom stereocenters. The average Bonchev–Trinajstić information content (AvgIpc) is 2.35. The minimum Gasteiger partial charge on any atom is -0.478 e. The summed E-state index contributed by atoms with van der Waals surface area (Å²) in [5.74, 6) is -2.80. The number of rotatable bonds is 3. The van der Waals surface area contributed by atoms with Crippen molar-refractivity contribution in [3.63, 3.8) is 0 Å². The van der Waals surface area contributed by atoms with Gasteiger partial charge in [0, 0.05) is 5.56 Å². The van der Waals surface area contributed by atoms with Crippen molar-refractivity contribution in [2.45, 2.75) is 0 Å². The second-order valence-corrected chi connectivity index (χ2v) is 3.66. The summed E-state index contributed by atoms with van der Waals surface area (Å²) in [6.07, 6.45) is 0.373. The van der Waals surface area contributed by atoms with E-state index < -0.39 is 17.5 Å². The van der Waals surface area contributed by atoms with Gasteiger partial charge >= 0.3 is 11.9 Å². The summed E-state index contributed by atoms with van der Waals surface area (Å²) in [6, 6.07) is 7.80. The normalized spacial score (nSPS) is 10.2. The third kappa shape index (κ3) is 1.71. The SMILES string of the molecule is O=Cc1c(C(=O)O)c(C(=O)O)cc2ccccc12. The van der Waals surface area contributed by atoms with Crippen LogP contribution in [0.25, 0.3) is 10.8 Å². The molecule has 2 N–H and O–H groups in total. The van der Waals surface area contributed by atoms with Gasteiger partial charge in [0.25, 0.3) is 0 Å². The van der Waals surface area contributed by atoms with Crippen LogP contribution in [0.5, 0.6) is 0 Å². The second kappa shape index (κ2) is 4.29. The van der Waals surface area contributed by atoms with Crippen molar-refractivity contribution in [1.29, 1.82) is 0 Å². The molecule has 0 aliphatic heterocycles. The first-order chi connectivity index (χ1) is 8.56. The summed E-state index contributed by atoms with van der Waals surface area (Å²) >= 11 is 0. The van der Waals surface area contributed by atoms with E-state index in [9.17, 15) is 14.4 Å². The van der Waals surface area contributed by atoms with Crippen LogP contribution in [0.2, 0.25) is 0 Å². The molecule has 18 heavy (non-hydrogen) atoms. The van der Waals surface area contributed by atoms with Crippen LogP contribution in [0.4, 0.5) is 0 Å². The lowest BCUT2D eigenvalue weighted by Gasteiger charge is -2.08. The van der Waals surface area contributed by atoms with Gasteiger partial charge in [-0.15, -0.1) is 0 Å². The van der Waals surface area contributed by atoms with E-state index in [0.717, 1.165) is 0 Å². The van der Waals surface area contributed by atoms with Gasteiger partial charge in [0.15, 0.2) is 6.29 Å². The van der Waals surface area contributed by atoms with E-state index in [1.165, 1.54) is 6.07 Å². The summed E-state index contributed by atoms with van der Waals surface area (Å²) in [5.41, 5.74) is -0.975. The Bertz CT molecular complexity index is 672. The maximum atomic E-state index is 11.1. The number of carboxylic acids is 2. The highest BCUT2D eigenvalue weighted by molar-refractivity contribution is 6.14. The molecular formula is C13H8O5. The van der Waals surface area contributed by atoms with E-state index in [-0.39, 0.29) is 11.1 Å². The molecule has 2 aromatic rings. The summed E-state index contributed by atoms with van der Waals surface area (Å²) in [4.78, 5) is 33.3. The van der Waals surface area contributed by atoms with Gasteiger partial charge in [-0.25, -0.2) is 9.59 Å². The van der Waals surface area contributed by atoms with Crippen molar-refractivity contribution < 1.29 is 24.6 Å². The van der Waals surface area contributed by atoms with Crippen molar-refractivity contribution in [3.05, 3.63) is 47.0 Å². The van der Waals surface area contributed by atoms with E-state index in [1.54, 1.807) is 24.3 Å². The van der Waals surface area contributed by atoms with Gasteiger partial charge in [-0.2, -0.15) is 0 Å². The van der Waals surface area contributed by atoms with Gasteiger partial charge in [0.2, 0.25) is 0 Å². The molecule has 0 fully saturated rings. The molecule has 0 radical (unpaired) electrons. The average molecular weight is 244 g/mol. The van der Waals surface area contributed by atoms with Crippen LogP contribution < -0.4 is 0 Å². The third-order valence-electron chi connectivity index (χ3n) is 2.65. The van der Waals surface area contributed by atoms with E-state index in [4.69, 9.17) is 10.2 Å². The highest BCUT2D eigenvalue weighted by Gasteiger charge is 2.22. The minimum atomic E-state index is -1.43. The van der Waals surface area contributed by atoms with Crippen LogP contribution in [0.3, 0.4) is 0 Å². The Morgan fingerprint density at radius 1 is 1.06 bits per heavy atom. The minimum absolute atomic E-state index is 0.113. The fourth-order valence-electron chi connectivity index (χ4n) is 1.90. The first kappa shape index (κ1) is 11.8. The van der Waals surface area contributed by atoms with Crippen LogP contribution in [0.1, 0.15) is 31.1 Å². The van der Waals surface area contributed by atoms with E-state index in [2.05, 4.69) is 0 Å². The molecule has 5 heteroatoms. The molecule has 90 valence electrons. The largest absolute Gasteiger partial charge is 0.478 e. The molecule has 0 saturated heterocycles. The predicted octanol–water partition coefficient (Wildman–Crippen LogP) is 2.05. The fourth-order valence-corrected chi connectivity index (χ4v) is 1.90. The molecule has 2 rings (SSSR count). The van der Waals surface area contributed by atoms with Gasteiger partial charge in [0.05, 0.1) is 11.1 Å². The molecule has 5 nitrogen and oxygen atoms in total. The zero-order valence-electron chi connectivity index (χ0n) is 9.08. The molecule has 0 saturated carbocycles. The number of carbonyl (C=O) groups excluding carboxylic acids is 1. The maximum absolute atomic E-state index is 11.1. The lowest BCUT2D eigenvalue weighted by atomic mass is 9.94. The first-order valence-electron chi connectivity index (χ1n) is 5.03.